The van der Waals surface area contributed by atoms with Gasteiger partial charge in [0, 0.05) is 50.7 Å². The molecule has 3 aliphatic heterocycles. The highest BCUT2D eigenvalue weighted by atomic mass is 16.5. The van der Waals surface area contributed by atoms with Crippen molar-refractivity contribution in [2.24, 2.45) is 0 Å². The summed E-state index contributed by atoms with van der Waals surface area (Å²) in [5, 5.41) is 6.09. The van der Waals surface area contributed by atoms with E-state index in [0.717, 1.165) is 43.9 Å². The molecular formula is C32H34N4O4. The number of likely N-dealkylation sites (tertiary alicyclic amines) is 1. The molecule has 0 saturated carbocycles. The average Bonchev–Trinajstić information content (AvgIpc) is 3.29. The van der Waals surface area contributed by atoms with Crippen molar-refractivity contribution in [3.63, 3.8) is 0 Å². The van der Waals surface area contributed by atoms with Crippen LogP contribution in [-0.2, 0) is 29.2 Å². The van der Waals surface area contributed by atoms with Gasteiger partial charge in [0.25, 0.3) is 5.91 Å². The molecule has 0 aliphatic carbocycles. The Labute approximate surface area is 234 Å². The Kier molecular flexibility index (Phi) is 7.62. The molecule has 0 aromatic heterocycles. The molecular weight excluding hydrogens is 504 g/mol. The van der Waals surface area contributed by atoms with Crippen molar-refractivity contribution in [2.45, 2.75) is 57.1 Å². The van der Waals surface area contributed by atoms with E-state index in [-0.39, 0.29) is 30.4 Å². The Balaban J connectivity index is 1.17. The third-order valence-electron chi connectivity index (χ3n) is 8.09. The molecule has 3 aliphatic rings. The van der Waals surface area contributed by atoms with E-state index in [9.17, 15) is 14.4 Å². The number of piperidine rings is 2. The molecule has 2 saturated heterocycles. The number of rotatable bonds is 8. The standard InChI is InChI=1S/C32H34N4O4/c37-30-14-13-28(31(38)34-30)36-20-24-17-25(11-12-26(24)32(36)39)40-29-21-35(19-23-9-5-2-6-10-23)16-15-27(29)33-18-22-7-3-1-4-8-22/h1-12,17,27-29,33H,13-16,18-21H2,(H,34,37,38). The molecule has 3 heterocycles. The van der Waals surface area contributed by atoms with Gasteiger partial charge in [0.05, 0.1) is 0 Å². The van der Waals surface area contributed by atoms with Crippen molar-refractivity contribution >= 4 is 17.7 Å². The molecule has 3 aromatic carbocycles. The summed E-state index contributed by atoms with van der Waals surface area (Å²) in [6.07, 6.45) is 1.46. The van der Waals surface area contributed by atoms with Crippen LogP contribution in [0.3, 0.4) is 0 Å². The van der Waals surface area contributed by atoms with Crippen molar-refractivity contribution in [3.8, 4) is 5.75 Å². The number of carbonyl (C=O) groups is 3. The van der Waals surface area contributed by atoms with E-state index >= 15 is 0 Å². The first kappa shape index (κ1) is 26.2. The number of hydrogen-bond donors (Lipinski definition) is 2. The van der Waals surface area contributed by atoms with E-state index in [1.807, 2.05) is 24.3 Å². The lowest BCUT2D eigenvalue weighted by Crippen LogP contribution is -2.54. The van der Waals surface area contributed by atoms with Crippen molar-refractivity contribution in [1.29, 1.82) is 0 Å². The molecule has 2 fully saturated rings. The molecule has 3 unspecified atom stereocenters. The Morgan fingerprint density at radius 1 is 0.900 bits per heavy atom. The first-order valence-corrected chi connectivity index (χ1v) is 14.0. The number of nitrogens with one attached hydrogen (secondary N) is 2. The zero-order valence-electron chi connectivity index (χ0n) is 22.4. The van der Waals surface area contributed by atoms with Crippen LogP contribution in [0.25, 0.3) is 0 Å². The van der Waals surface area contributed by atoms with Gasteiger partial charge in [-0.1, -0.05) is 60.7 Å². The molecule has 0 radical (unpaired) electrons. The number of nitrogens with zero attached hydrogens (tertiary/aromatic N) is 2. The molecule has 3 aromatic rings. The maximum Gasteiger partial charge on any atom is 0.255 e. The molecule has 0 spiro atoms. The van der Waals surface area contributed by atoms with Gasteiger partial charge in [0.1, 0.15) is 17.9 Å². The van der Waals surface area contributed by atoms with E-state index in [1.54, 1.807) is 11.0 Å². The summed E-state index contributed by atoms with van der Waals surface area (Å²) in [6.45, 7) is 3.72. The molecule has 8 heteroatoms. The van der Waals surface area contributed by atoms with Crippen LogP contribution in [0.5, 0.6) is 5.75 Å². The number of imide groups is 1. The Morgan fingerprint density at radius 2 is 1.65 bits per heavy atom. The van der Waals surface area contributed by atoms with Crippen LogP contribution in [-0.4, -0.2) is 58.8 Å². The fourth-order valence-corrected chi connectivity index (χ4v) is 5.96. The summed E-state index contributed by atoms with van der Waals surface area (Å²) >= 11 is 0. The highest BCUT2D eigenvalue weighted by Gasteiger charge is 2.39. The minimum absolute atomic E-state index is 0.0810. The number of fused-ring (bicyclic) bond motifs is 1. The second kappa shape index (κ2) is 11.6. The third-order valence-corrected chi connectivity index (χ3v) is 8.09. The summed E-state index contributed by atoms with van der Waals surface area (Å²) in [4.78, 5) is 41.1. The van der Waals surface area contributed by atoms with Gasteiger partial charge in [-0.2, -0.15) is 0 Å². The van der Waals surface area contributed by atoms with E-state index in [2.05, 4.69) is 64.1 Å². The van der Waals surface area contributed by atoms with Gasteiger partial charge in [-0.25, -0.2) is 0 Å². The van der Waals surface area contributed by atoms with E-state index in [0.29, 0.717) is 18.5 Å². The SMILES string of the molecule is O=C1CCC(N2Cc3cc(OC4CN(Cc5ccccc5)CCC4NCc4ccccc4)ccc3C2=O)C(=O)N1. The molecule has 0 bridgehead atoms. The average molecular weight is 539 g/mol. The normalized spacial score (nSPS) is 23.1. The topological polar surface area (TPSA) is 91.0 Å². The van der Waals surface area contributed by atoms with Crippen LogP contribution in [0.1, 0.15) is 46.3 Å². The monoisotopic (exact) mass is 538 g/mol. The van der Waals surface area contributed by atoms with Crippen molar-refractivity contribution in [2.75, 3.05) is 13.1 Å². The molecule has 2 N–H and O–H groups in total. The maximum atomic E-state index is 13.1. The number of hydrogen-bond acceptors (Lipinski definition) is 6. The largest absolute Gasteiger partial charge is 0.487 e. The zero-order valence-corrected chi connectivity index (χ0v) is 22.4. The van der Waals surface area contributed by atoms with Gasteiger partial charge in [-0.15, -0.1) is 0 Å². The predicted molar refractivity (Wildman–Crippen MR) is 150 cm³/mol. The number of carbonyl (C=O) groups excluding carboxylic acids is 3. The number of benzene rings is 3. The van der Waals surface area contributed by atoms with Crippen molar-refractivity contribution in [1.82, 2.24) is 20.4 Å². The summed E-state index contributed by atoms with van der Waals surface area (Å²) in [6, 6.07) is 26.0. The summed E-state index contributed by atoms with van der Waals surface area (Å²) in [5.74, 6) is -0.146. The second-order valence-electron chi connectivity index (χ2n) is 10.9. The highest BCUT2D eigenvalue weighted by molar-refractivity contribution is 6.05. The lowest BCUT2D eigenvalue weighted by Gasteiger charge is -2.39. The minimum Gasteiger partial charge on any atom is -0.487 e. The second-order valence-corrected chi connectivity index (χ2v) is 10.9. The molecule has 6 rings (SSSR count). The third kappa shape index (κ3) is 5.78. The Bertz CT molecular complexity index is 1380. The van der Waals surface area contributed by atoms with Crippen LogP contribution in [0.15, 0.2) is 78.9 Å². The van der Waals surface area contributed by atoms with Gasteiger partial charge in [-0.3, -0.25) is 24.6 Å². The van der Waals surface area contributed by atoms with Crippen LogP contribution in [0, 0.1) is 0 Å². The fraction of sp³-hybridized carbons (Fsp3) is 0.344. The molecule has 3 amide bonds. The minimum atomic E-state index is -0.626. The number of ether oxygens (including phenoxy) is 1. The molecule has 8 nitrogen and oxygen atoms in total. The van der Waals surface area contributed by atoms with E-state index < -0.39 is 11.9 Å². The quantitative estimate of drug-likeness (QED) is 0.428. The summed E-state index contributed by atoms with van der Waals surface area (Å²) in [5.41, 5.74) is 3.95. The van der Waals surface area contributed by atoms with Gasteiger partial charge < -0.3 is 15.0 Å². The Hall–Kier alpha value is -4.01. The molecule has 3 atom stereocenters. The maximum absolute atomic E-state index is 13.1. The van der Waals surface area contributed by atoms with Gasteiger partial charge >= 0.3 is 0 Å². The van der Waals surface area contributed by atoms with Crippen molar-refractivity contribution < 1.29 is 19.1 Å². The summed E-state index contributed by atoms with van der Waals surface area (Å²) < 4.78 is 6.64. The van der Waals surface area contributed by atoms with Crippen LogP contribution in [0.2, 0.25) is 0 Å². The van der Waals surface area contributed by atoms with Gasteiger partial charge in [0.15, 0.2) is 0 Å². The zero-order chi connectivity index (χ0) is 27.5. The lowest BCUT2D eigenvalue weighted by molar-refractivity contribution is -0.136. The fourth-order valence-electron chi connectivity index (χ4n) is 5.96. The van der Waals surface area contributed by atoms with Crippen LogP contribution < -0.4 is 15.4 Å². The highest BCUT2D eigenvalue weighted by Crippen LogP contribution is 2.31. The van der Waals surface area contributed by atoms with Gasteiger partial charge in [0.2, 0.25) is 11.8 Å². The lowest BCUT2D eigenvalue weighted by atomic mass is 10.00. The summed E-state index contributed by atoms with van der Waals surface area (Å²) in [7, 11) is 0. The van der Waals surface area contributed by atoms with Crippen molar-refractivity contribution in [3.05, 3.63) is 101 Å². The first-order valence-electron chi connectivity index (χ1n) is 14.0. The first-order chi connectivity index (χ1) is 19.5. The molecule has 40 heavy (non-hydrogen) atoms. The molecule has 206 valence electrons. The Morgan fingerprint density at radius 3 is 2.40 bits per heavy atom. The predicted octanol–water partition coefficient (Wildman–Crippen LogP) is 3.26. The smallest absolute Gasteiger partial charge is 0.255 e. The van der Waals surface area contributed by atoms with Crippen LogP contribution in [0.4, 0.5) is 0 Å². The van der Waals surface area contributed by atoms with E-state index in [4.69, 9.17) is 4.74 Å². The van der Waals surface area contributed by atoms with Crippen LogP contribution >= 0.6 is 0 Å². The van der Waals surface area contributed by atoms with E-state index in [1.165, 1.54) is 11.1 Å². The van der Waals surface area contributed by atoms with Gasteiger partial charge in [-0.05, 0) is 47.7 Å². The number of amides is 3.